The molecule has 0 unspecified atom stereocenters. The summed E-state index contributed by atoms with van der Waals surface area (Å²) < 4.78 is 32.2. The van der Waals surface area contributed by atoms with Crippen LogP contribution in [0.2, 0.25) is 5.02 Å². The van der Waals surface area contributed by atoms with Crippen LogP contribution in [0.1, 0.15) is 5.56 Å². The molecule has 7 heteroatoms. The molecule has 0 heterocycles. The Kier molecular flexibility index (Phi) is 6.11. The van der Waals surface area contributed by atoms with Crippen LogP contribution in [0.15, 0.2) is 36.4 Å². The average Bonchev–Trinajstić information content (AvgIpc) is 2.50. The van der Waals surface area contributed by atoms with E-state index in [-0.39, 0.29) is 28.9 Å². The van der Waals surface area contributed by atoms with E-state index in [1.165, 1.54) is 31.4 Å². The summed E-state index contributed by atoms with van der Waals surface area (Å²) in [7, 11) is 3.10. The van der Waals surface area contributed by atoms with Gasteiger partial charge in [0.15, 0.2) is 11.6 Å². The lowest BCUT2D eigenvalue weighted by Crippen LogP contribution is -2.30. The Balaban J connectivity index is 1.92. The highest BCUT2D eigenvalue weighted by molar-refractivity contribution is 6.30. The average molecular weight is 355 g/mol. The van der Waals surface area contributed by atoms with Gasteiger partial charge in [-0.2, -0.15) is 0 Å². The molecule has 2 aromatic carbocycles. The van der Waals surface area contributed by atoms with Crippen LogP contribution in [0.5, 0.6) is 5.75 Å². The molecule has 1 N–H and O–H groups in total. The van der Waals surface area contributed by atoms with Gasteiger partial charge in [0, 0.05) is 11.6 Å². The molecule has 24 heavy (non-hydrogen) atoms. The van der Waals surface area contributed by atoms with Crippen molar-refractivity contribution in [2.75, 3.05) is 26.0 Å². The van der Waals surface area contributed by atoms with Crippen molar-refractivity contribution in [3.8, 4) is 5.75 Å². The molecular formula is C17H17ClF2N2O2. The van der Waals surface area contributed by atoms with Crippen LogP contribution in [0.25, 0.3) is 0 Å². The summed E-state index contributed by atoms with van der Waals surface area (Å²) in [5.74, 6) is -1.28. The van der Waals surface area contributed by atoms with Crippen molar-refractivity contribution in [2.24, 2.45) is 0 Å². The molecule has 2 aromatic rings. The third-order valence-corrected chi connectivity index (χ3v) is 3.52. The van der Waals surface area contributed by atoms with Gasteiger partial charge in [-0.25, -0.2) is 8.78 Å². The summed E-state index contributed by atoms with van der Waals surface area (Å²) >= 11 is 5.66. The lowest BCUT2D eigenvalue weighted by molar-refractivity contribution is -0.117. The number of carbonyl (C=O) groups is 1. The molecular weight excluding hydrogens is 338 g/mol. The first-order chi connectivity index (χ1) is 11.4. The molecule has 0 spiro atoms. The Morgan fingerprint density at radius 2 is 1.96 bits per heavy atom. The van der Waals surface area contributed by atoms with Crippen LogP contribution in [0.3, 0.4) is 0 Å². The number of hydrogen-bond donors (Lipinski definition) is 1. The molecule has 1 amide bonds. The zero-order valence-corrected chi connectivity index (χ0v) is 14.0. The summed E-state index contributed by atoms with van der Waals surface area (Å²) in [6.45, 7) is 0.382. The maximum atomic E-state index is 13.7. The Hall–Kier alpha value is -2.18. The number of rotatable bonds is 6. The van der Waals surface area contributed by atoms with E-state index in [0.717, 1.165) is 6.07 Å². The smallest absolute Gasteiger partial charge is 0.238 e. The minimum atomic E-state index is -0.601. The molecule has 0 aliphatic rings. The van der Waals surface area contributed by atoms with E-state index in [0.29, 0.717) is 12.1 Å². The SMILES string of the molecule is COc1ccc(CN(C)CC(=O)Nc2ccc(Cl)cc2F)cc1F. The fourth-order valence-corrected chi connectivity index (χ4v) is 2.36. The number of likely N-dealkylation sites (N-methyl/N-ethyl adjacent to an activating group) is 1. The van der Waals surface area contributed by atoms with Gasteiger partial charge >= 0.3 is 0 Å². The molecule has 0 fully saturated rings. The highest BCUT2D eigenvalue weighted by Gasteiger charge is 2.11. The molecule has 0 aliphatic carbocycles. The van der Waals surface area contributed by atoms with E-state index in [4.69, 9.17) is 16.3 Å². The van der Waals surface area contributed by atoms with Crippen molar-refractivity contribution in [1.29, 1.82) is 0 Å². The van der Waals surface area contributed by atoms with Gasteiger partial charge in [0.25, 0.3) is 0 Å². The lowest BCUT2D eigenvalue weighted by atomic mass is 10.2. The van der Waals surface area contributed by atoms with E-state index in [1.54, 1.807) is 18.0 Å². The molecule has 4 nitrogen and oxygen atoms in total. The van der Waals surface area contributed by atoms with Gasteiger partial charge in [0.05, 0.1) is 19.3 Å². The zero-order valence-electron chi connectivity index (χ0n) is 13.3. The highest BCUT2D eigenvalue weighted by Crippen LogP contribution is 2.20. The van der Waals surface area contributed by atoms with Crippen molar-refractivity contribution in [3.05, 3.63) is 58.6 Å². The van der Waals surface area contributed by atoms with Crippen molar-refractivity contribution >= 4 is 23.2 Å². The van der Waals surface area contributed by atoms with Crippen molar-refractivity contribution < 1.29 is 18.3 Å². The standard InChI is InChI=1S/C17H17ClF2N2O2/c1-22(9-11-3-6-16(24-2)14(20)7-11)10-17(23)21-15-5-4-12(18)8-13(15)19/h3-8H,9-10H2,1-2H3,(H,21,23). The summed E-state index contributed by atoms with van der Waals surface area (Å²) in [6, 6.07) is 8.61. The summed E-state index contributed by atoms with van der Waals surface area (Å²) in [6.07, 6.45) is 0. The van der Waals surface area contributed by atoms with Gasteiger partial charge in [0.1, 0.15) is 5.82 Å². The number of nitrogens with zero attached hydrogens (tertiary/aromatic N) is 1. The van der Waals surface area contributed by atoms with Crippen LogP contribution in [-0.2, 0) is 11.3 Å². The van der Waals surface area contributed by atoms with Crippen molar-refractivity contribution in [3.63, 3.8) is 0 Å². The number of ether oxygens (including phenoxy) is 1. The van der Waals surface area contributed by atoms with Crippen LogP contribution in [0.4, 0.5) is 14.5 Å². The third-order valence-electron chi connectivity index (χ3n) is 3.29. The summed E-state index contributed by atoms with van der Waals surface area (Å²) in [5.41, 5.74) is 0.759. The van der Waals surface area contributed by atoms with Gasteiger partial charge in [-0.1, -0.05) is 17.7 Å². The molecule has 0 atom stereocenters. The van der Waals surface area contributed by atoms with Gasteiger partial charge < -0.3 is 10.1 Å². The van der Waals surface area contributed by atoms with E-state index < -0.39 is 11.6 Å². The minimum Gasteiger partial charge on any atom is -0.494 e. The highest BCUT2D eigenvalue weighted by atomic mass is 35.5. The second-order valence-electron chi connectivity index (χ2n) is 5.31. The van der Waals surface area contributed by atoms with Crippen molar-refractivity contribution in [1.82, 2.24) is 4.90 Å². The number of halogens is 3. The first-order valence-electron chi connectivity index (χ1n) is 7.15. The van der Waals surface area contributed by atoms with Crippen LogP contribution in [-0.4, -0.2) is 31.5 Å². The Morgan fingerprint density at radius 1 is 1.21 bits per heavy atom. The lowest BCUT2D eigenvalue weighted by Gasteiger charge is -2.17. The number of benzene rings is 2. The number of amides is 1. The Bertz CT molecular complexity index is 741. The second-order valence-corrected chi connectivity index (χ2v) is 5.75. The molecule has 0 aromatic heterocycles. The van der Waals surface area contributed by atoms with Crippen LogP contribution >= 0.6 is 11.6 Å². The van der Waals surface area contributed by atoms with Gasteiger partial charge in [-0.15, -0.1) is 0 Å². The molecule has 0 aliphatic heterocycles. The topological polar surface area (TPSA) is 41.6 Å². The molecule has 0 radical (unpaired) electrons. The molecule has 128 valence electrons. The molecule has 0 saturated heterocycles. The Morgan fingerprint density at radius 3 is 2.58 bits per heavy atom. The van der Waals surface area contributed by atoms with E-state index in [9.17, 15) is 13.6 Å². The first kappa shape index (κ1) is 18.2. The summed E-state index contributed by atoms with van der Waals surface area (Å²) in [5, 5.41) is 2.73. The van der Waals surface area contributed by atoms with Crippen molar-refractivity contribution in [2.45, 2.75) is 6.54 Å². The maximum Gasteiger partial charge on any atom is 0.238 e. The maximum absolute atomic E-state index is 13.7. The molecule has 0 bridgehead atoms. The zero-order chi connectivity index (χ0) is 17.7. The number of anilines is 1. The molecule has 2 rings (SSSR count). The fourth-order valence-electron chi connectivity index (χ4n) is 2.20. The van der Waals surface area contributed by atoms with Gasteiger partial charge in [-0.05, 0) is 42.9 Å². The first-order valence-corrected chi connectivity index (χ1v) is 7.52. The van der Waals surface area contributed by atoms with E-state index >= 15 is 0 Å². The monoisotopic (exact) mass is 354 g/mol. The van der Waals surface area contributed by atoms with E-state index in [2.05, 4.69) is 5.32 Å². The van der Waals surface area contributed by atoms with Gasteiger partial charge in [-0.3, -0.25) is 9.69 Å². The minimum absolute atomic E-state index is 0.0235. The predicted octanol–water partition coefficient (Wildman–Crippen LogP) is 3.70. The largest absolute Gasteiger partial charge is 0.494 e. The third kappa shape index (κ3) is 4.91. The predicted molar refractivity (Wildman–Crippen MR) is 89.3 cm³/mol. The number of methoxy groups -OCH3 is 1. The van der Waals surface area contributed by atoms with Gasteiger partial charge in [0.2, 0.25) is 5.91 Å². The summed E-state index contributed by atoms with van der Waals surface area (Å²) in [4.78, 5) is 13.7. The quantitative estimate of drug-likeness (QED) is 0.860. The second kappa shape index (κ2) is 8.08. The normalized spacial score (nSPS) is 10.8. The number of hydrogen-bond acceptors (Lipinski definition) is 3. The fraction of sp³-hybridized carbons (Fsp3) is 0.235. The Labute approximate surface area is 144 Å². The van der Waals surface area contributed by atoms with E-state index in [1.807, 2.05) is 0 Å². The number of nitrogens with one attached hydrogen (secondary N) is 1. The number of carbonyl (C=O) groups excluding carboxylic acids is 1. The molecule has 0 saturated carbocycles. The van der Waals surface area contributed by atoms with Crippen LogP contribution in [0, 0.1) is 11.6 Å². The van der Waals surface area contributed by atoms with Crippen LogP contribution < -0.4 is 10.1 Å².